The van der Waals surface area contributed by atoms with E-state index in [9.17, 15) is 1.37 Å². The van der Waals surface area contributed by atoms with E-state index in [0.717, 1.165) is 27.5 Å². The molecule has 4 nitrogen and oxygen atoms in total. The van der Waals surface area contributed by atoms with E-state index in [4.69, 9.17) is 27.6 Å². The topological polar surface area (TPSA) is 51.8 Å². The molecule has 0 unspecified atom stereocenters. The van der Waals surface area contributed by atoms with Crippen molar-refractivity contribution >= 4 is 64.2 Å². The van der Waals surface area contributed by atoms with Crippen LogP contribution in [0.5, 0.6) is 0 Å². The van der Waals surface area contributed by atoms with Crippen molar-refractivity contribution in [3.8, 4) is 45.3 Å². The first-order valence-corrected chi connectivity index (χ1v) is 16.2. The Morgan fingerprint density at radius 2 is 1.27 bits per heavy atom. The van der Waals surface area contributed by atoms with Gasteiger partial charge in [-0.05, 0) is 52.2 Å². The zero-order chi connectivity index (χ0) is 37.7. The van der Waals surface area contributed by atoms with Gasteiger partial charge in [-0.15, -0.1) is 11.3 Å². The summed E-state index contributed by atoms with van der Waals surface area (Å²) in [5.74, 6) is 0.787. The van der Waals surface area contributed by atoms with Gasteiger partial charge in [0.2, 0.25) is 0 Å². The molecule has 10 aromatic rings. The summed E-state index contributed by atoms with van der Waals surface area (Å²) in [5.41, 5.74) is 5.15. The van der Waals surface area contributed by atoms with E-state index in [0.29, 0.717) is 53.9 Å². The summed E-state index contributed by atoms with van der Waals surface area (Å²) in [4.78, 5) is 14.7. The minimum Gasteiger partial charge on any atom is -0.456 e. The molecule has 7 aromatic carbocycles. The van der Waals surface area contributed by atoms with Crippen LogP contribution in [0.3, 0.4) is 0 Å². The first kappa shape index (κ1) is 20.9. The van der Waals surface area contributed by atoms with Crippen molar-refractivity contribution in [1.82, 2.24) is 15.0 Å². The van der Waals surface area contributed by atoms with Gasteiger partial charge >= 0.3 is 0 Å². The van der Waals surface area contributed by atoms with E-state index in [-0.39, 0.29) is 59.1 Å². The zero-order valence-electron chi connectivity index (χ0n) is 32.1. The lowest BCUT2D eigenvalue weighted by molar-refractivity contribution is 0.669. The van der Waals surface area contributed by atoms with Crippen molar-refractivity contribution in [2.75, 3.05) is 0 Å². The number of benzene rings is 7. The summed E-state index contributed by atoms with van der Waals surface area (Å²) in [6.07, 6.45) is 0. The molecule has 5 heteroatoms. The van der Waals surface area contributed by atoms with Crippen molar-refractivity contribution < 1.29 is 14.0 Å². The van der Waals surface area contributed by atoms with Gasteiger partial charge in [0.25, 0.3) is 0 Å². The predicted molar refractivity (Wildman–Crippen MR) is 199 cm³/mol. The van der Waals surface area contributed by atoms with Crippen LogP contribution in [-0.4, -0.2) is 15.0 Å². The Balaban J connectivity index is 1.23. The molecule has 0 aliphatic rings. The summed E-state index contributed by atoms with van der Waals surface area (Å²) in [5, 5.41) is 3.22. The summed E-state index contributed by atoms with van der Waals surface area (Å²) in [6, 6.07) is 33.1. The van der Waals surface area contributed by atoms with Gasteiger partial charge in [-0.2, -0.15) is 0 Å². The fraction of sp³-hybridized carbons (Fsp3) is 0. The van der Waals surface area contributed by atoms with Crippen molar-refractivity contribution in [2.24, 2.45) is 0 Å². The molecule has 3 heterocycles. The van der Waals surface area contributed by atoms with Gasteiger partial charge in [0.05, 0.1) is 9.60 Å². The molecule has 0 atom stereocenters. The standard InChI is InChI=1S/C43H25N3OS/c1-3-10-26(11-4-1)29-20-23-36-35(24-29)32-21-19-30(25-37(32)47-36)42-44-41(28-13-5-2-6-14-28)45-43(46-42)34-16-9-17-38-39(34)33-22-18-27-12-7-8-15-31(27)40(33)48-38/h1-25H/i7D,8D,9D,12D,16D,18D,22D. The van der Waals surface area contributed by atoms with E-state index in [1.54, 1.807) is 6.07 Å². The van der Waals surface area contributed by atoms with Crippen molar-refractivity contribution in [3.05, 3.63) is 151 Å². The first-order valence-electron chi connectivity index (χ1n) is 18.9. The maximum atomic E-state index is 9.22. The molecule has 0 spiro atoms. The van der Waals surface area contributed by atoms with Gasteiger partial charge in [-0.25, -0.2) is 15.0 Å². The number of nitrogens with zero attached hydrogens (tertiary/aromatic N) is 3. The Morgan fingerprint density at radius 1 is 0.500 bits per heavy atom. The third-order valence-electron chi connectivity index (χ3n) is 8.62. The SMILES string of the molecule is [2H]c1cc2c(c([2H])c1[2H])c([2H])c([2H])c1c2sc2cc([2H])c([2H])c(-c3nc(-c4ccccc4)nc(-c4ccc5c(c4)oc4ccc(-c6ccccc6)cc45)n3)c21. The van der Waals surface area contributed by atoms with Crippen LogP contribution < -0.4 is 0 Å². The average Bonchev–Trinajstić information content (AvgIpc) is 3.77. The number of thiophene rings is 1. The summed E-state index contributed by atoms with van der Waals surface area (Å²) in [6.45, 7) is 0. The molecule has 0 fully saturated rings. The number of rotatable bonds is 4. The highest BCUT2D eigenvalue weighted by molar-refractivity contribution is 7.26. The molecular weight excluding hydrogens is 607 g/mol. The zero-order valence-corrected chi connectivity index (χ0v) is 25.9. The lowest BCUT2D eigenvalue weighted by Gasteiger charge is -2.09. The summed E-state index contributed by atoms with van der Waals surface area (Å²) in [7, 11) is 0. The highest BCUT2D eigenvalue weighted by atomic mass is 32.1. The predicted octanol–water partition coefficient (Wildman–Crippen LogP) is 12.0. The fourth-order valence-electron chi connectivity index (χ4n) is 6.32. The second-order valence-electron chi connectivity index (χ2n) is 11.5. The van der Waals surface area contributed by atoms with Crippen LogP contribution in [-0.2, 0) is 0 Å². The van der Waals surface area contributed by atoms with Crippen LogP contribution in [0.4, 0.5) is 0 Å². The third-order valence-corrected chi connectivity index (χ3v) is 9.79. The van der Waals surface area contributed by atoms with Crippen LogP contribution in [0.1, 0.15) is 9.60 Å². The molecular formula is C43H25N3OS. The van der Waals surface area contributed by atoms with E-state index in [2.05, 4.69) is 18.2 Å². The van der Waals surface area contributed by atoms with Crippen molar-refractivity contribution in [3.63, 3.8) is 0 Å². The molecule has 0 bridgehead atoms. The molecule has 0 N–H and O–H groups in total. The molecule has 0 aliphatic carbocycles. The quantitative estimate of drug-likeness (QED) is 0.192. The van der Waals surface area contributed by atoms with Crippen LogP contribution in [0.15, 0.2) is 156 Å². The number of hydrogen-bond donors (Lipinski definition) is 0. The summed E-state index contributed by atoms with van der Waals surface area (Å²) >= 11 is 1.25. The van der Waals surface area contributed by atoms with Gasteiger partial charge in [0.1, 0.15) is 11.2 Å². The third kappa shape index (κ3) is 4.33. The fourth-order valence-corrected chi connectivity index (χ4v) is 7.49. The Labute approximate surface area is 289 Å². The minimum atomic E-state index is -0.313. The van der Waals surface area contributed by atoms with E-state index in [1.807, 2.05) is 78.9 Å². The van der Waals surface area contributed by atoms with Crippen LogP contribution in [0, 0.1) is 0 Å². The van der Waals surface area contributed by atoms with E-state index >= 15 is 0 Å². The molecule has 0 amide bonds. The lowest BCUT2D eigenvalue weighted by Crippen LogP contribution is -2.00. The highest BCUT2D eigenvalue weighted by Gasteiger charge is 2.19. The molecule has 0 aliphatic heterocycles. The molecule has 0 saturated carbocycles. The second kappa shape index (κ2) is 10.7. The van der Waals surface area contributed by atoms with Crippen molar-refractivity contribution in [1.29, 1.82) is 0 Å². The van der Waals surface area contributed by atoms with Crippen LogP contribution in [0.2, 0.25) is 0 Å². The number of furan rings is 1. The Morgan fingerprint density at radius 3 is 2.12 bits per heavy atom. The van der Waals surface area contributed by atoms with Gasteiger partial charge in [0, 0.05) is 47.6 Å². The Hall–Kier alpha value is -6.17. The maximum Gasteiger partial charge on any atom is 0.164 e. The lowest BCUT2D eigenvalue weighted by atomic mass is 10.0. The minimum absolute atomic E-state index is 0.0754. The molecule has 48 heavy (non-hydrogen) atoms. The van der Waals surface area contributed by atoms with Gasteiger partial charge < -0.3 is 4.42 Å². The normalized spacial score (nSPS) is 13.8. The molecule has 224 valence electrons. The molecule has 0 radical (unpaired) electrons. The van der Waals surface area contributed by atoms with Gasteiger partial charge in [-0.3, -0.25) is 0 Å². The smallest absolute Gasteiger partial charge is 0.164 e. The second-order valence-corrected chi connectivity index (χ2v) is 12.5. The average molecular weight is 639 g/mol. The monoisotopic (exact) mass is 638 g/mol. The Kier molecular flexibility index (Phi) is 4.65. The highest BCUT2D eigenvalue weighted by Crippen LogP contribution is 2.43. The van der Waals surface area contributed by atoms with Gasteiger partial charge in [-0.1, -0.05) is 121 Å². The van der Waals surface area contributed by atoms with Crippen molar-refractivity contribution in [2.45, 2.75) is 0 Å². The molecule has 3 aromatic heterocycles. The first-order chi connectivity index (χ1) is 26.7. The number of hydrogen-bond acceptors (Lipinski definition) is 5. The Bertz CT molecular complexity index is 3240. The summed E-state index contributed by atoms with van der Waals surface area (Å²) < 4.78 is 68.7. The van der Waals surface area contributed by atoms with E-state index < -0.39 is 0 Å². The molecule has 0 saturated heterocycles. The maximum absolute atomic E-state index is 9.22. The van der Waals surface area contributed by atoms with Gasteiger partial charge in [0.15, 0.2) is 17.5 Å². The number of fused-ring (bicyclic) bond motifs is 8. The van der Waals surface area contributed by atoms with Crippen LogP contribution >= 0.6 is 11.3 Å². The van der Waals surface area contributed by atoms with E-state index in [1.165, 1.54) is 17.4 Å². The molecule has 10 rings (SSSR count). The largest absolute Gasteiger partial charge is 0.456 e. The number of aromatic nitrogens is 3. The van der Waals surface area contributed by atoms with Crippen LogP contribution in [0.25, 0.3) is 98.2 Å².